The molecule has 24 heavy (non-hydrogen) atoms. The molecule has 0 aliphatic rings. The number of carbonyl (C=O) groups excluding carboxylic acids is 2. The Kier molecular flexibility index (Phi) is 6.25. The van der Waals surface area contributed by atoms with Crippen molar-refractivity contribution in [3.63, 3.8) is 0 Å². The van der Waals surface area contributed by atoms with Crippen molar-refractivity contribution in [3.05, 3.63) is 63.6 Å². The number of rotatable bonds is 5. The van der Waals surface area contributed by atoms with E-state index in [0.29, 0.717) is 26.9 Å². The lowest BCUT2D eigenvalue weighted by Gasteiger charge is -2.09. The maximum atomic E-state index is 11.9. The van der Waals surface area contributed by atoms with Gasteiger partial charge in [0.1, 0.15) is 0 Å². The molecule has 0 spiro atoms. The molecule has 0 saturated heterocycles. The van der Waals surface area contributed by atoms with Crippen LogP contribution in [0.2, 0.25) is 10.0 Å². The van der Waals surface area contributed by atoms with Gasteiger partial charge in [-0.1, -0.05) is 41.3 Å². The van der Waals surface area contributed by atoms with Crippen molar-refractivity contribution >= 4 is 40.7 Å². The highest BCUT2D eigenvalue weighted by Gasteiger charge is 2.12. The Balaban J connectivity index is 1.87. The summed E-state index contributed by atoms with van der Waals surface area (Å²) in [5.41, 5.74) is 1.75. The van der Waals surface area contributed by atoms with E-state index in [-0.39, 0.29) is 24.8 Å². The van der Waals surface area contributed by atoms with Crippen LogP contribution >= 0.6 is 23.2 Å². The van der Waals surface area contributed by atoms with Gasteiger partial charge < -0.3 is 10.6 Å². The first-order valence-corrected chi connectivity index (χ1v) is 7.81. The van der Waals surface area contributed by atoms with E-state index in [4.69, 9.17) is 29.6 Å². The summed E-state index contributed by atoms with van der Waals surface area (Å²) in [4.78, 5) is 23.8. The Hall–Kier alpha value is -2.48. The minimum Gasteiger partial charge on any atom is -0.347 e. The van der Waals surface area contributed by atoms with E-state index in [1.807, 2.05) is 0 Å². The SMILES string of the molecule is C#Cc1cccc(NC(=O)CNC(=O)Cc2c(Cl)cccc2Cl)c1. The molecule has 0 radical (unpaired) electrons. The molecule has 2 rings (SSSR count). The summed E-state index contributed by atoms with van der Waals surface area (Å²) < 4.78 is 0. The number of anilines is 1. The molecule has 2 amide bonds. The molecule has 2 N–H and O–H groups in total. The molecular formula is C18H14Cl2N2O2. The van der Waals surface area contributed by atoms with Crippen LogP contribution in [0.4, 0.5) is 5.69 Å². The number of carbonyl (C=O) groups is 2. The zero-order chi connectivity index (χ0) is 17.5. The van der Waals surface area contributed by atoms with Gasteiger partial charge in [-0.05, 0) is 35.9 Å². The van der Waals surface area contributed by atoms with Crippen molar-refractivity contribution in [2.24, 2.45) is 0 Å². The number of hydrogen-bond acceptors (Lipinski definition) is 2. The van der Waals surface area contributed by atoms with Crippen molar-refractivity contribution < 1.29 is 9.59 Å². The maximum absolute atomic E-state index is 11.9. The number of halogens is 2. The van der Waals surface area contributed by atoms with Crippen molar-refractivity contribution in [2.45, 2.75) is 6.42 Å². The average Bonchev–Trinajstić information content (AvgIpc) is 2.56. The lowest BCUT2D eigenvalue weighted by molar-refractivity contribution is -0.123. The summed E-state index contributed by atoms with van der Waals surface area (Å²) in [6.07, 6.45) is 5.30. The smallest absolute Gasteiger partial charge is 0.243 e. The molecule has 6 heteroatoms. The minimum absolute atomic E-state index is 0.00162. The molecule has 2 aromatic rings. The van der Waals surface area contributed by atoms with Crippen LogP contribution in [0.3, 0.4) is 0 Å². The van der Waals surface area contributed by atoms with Gasteiger partial charge in [0.05, 0.1) is 13.0 Å². The lowest BCUT2D eigenvalue weighted by atomic mass is 10.1. The van der Waals surface area contributed by atoms with Crippen LogP contribution < -0.4 is 10.6 Å². The summed E-state index contributed by atoms with van der Waals surface area (Å²) in [6.45, 7) is -0.165. The van der Waals surface area contributed by atoms with Crippen LogP contribution in [0, 0.1) is 12.3 Å². The Morgan fingerprint density at radius 1 is 1.04 bits per heavy atom. The Bertz CT molecular complexity index is 793. The Morgan fingerprint density at radius 2 is 1.71 bits per heavy atom. The topological polar surface area (TPSA) is 58.2 Å². The predicted molar refractivity (Wildman–Crippen MR) is 96.2 cm³/mol. The standard InChI is InChI=1S/C18H14Cl2N2O2/c1-2-12-5-3-6-13(9-12)22-18(24)11-21-17(23)10-14-15(19)7-4-8-16(14)20/h1,3-9H,10-11H2,(H,21,23)(H,22,24). The zero-order valence-corrected chi connectivity index (χ0v) is 14.1. The second-order valence-electron chi connectivity index (χ2n) is 4.93. The third kappa shape index (κ3) is 5.02. The lowest BCUT2D eigenvalue weighted by Crippen LogP contribution is -2.33. The highest BCUT2D eigenvalue weighted by atomic mass is 35.5. The number of terminal acetylenes is 1. The summed E-state index contributed by atoms with van der Waals surface area (Å²) in [5, 5.41) is 6.00. The predicted octanol–water partition coefficient (Wildman–Crippen LogP) is 3.27. The van der Waals surface area contributed by atoms with Crippen LogP contribution in [-0.4, -0.2) is 18.4 Å². The van der Waals surface area contributed by atoms with Gasteiger partial charge in [-0.25, -0.2) is 0 Å². The van der Waals surface area contributed by atoms with Gasteiger partial charge in [0.25, 0.3) is 0 Å². The molecule has 4 nitrogen and oxygen atoms in total. The van der Waals surface area contributed by atoms with E-state index in [0.717, 1.165) is 0 Å². The molecule has 122 valence electrons. The van der Waals surface area contributed by atoms with E-state index >= 15 is 0 Å². The first-order chi connectivity index (χ1) is 11.5. The molecule has 0 bridgehead atoms. The van der Waals surface area contributed by atoms with E-state index < -0.39 is 0 Å². The van der Waals surface area contributed by atoms with Gasteiger partial charge in [-0.3, -0.25) is 9.59 Å². The monoisotopic (exact) mass is 360 g/mol. The minimum atomic E-state index is -0.359. The van der Waals surface area contributed by atoms with Crippen LogP contribution in [0.5, 0.6) is 0 Å². The summed E-state index contributed by atoms with van der Waals surface area (Å²) in [5.74, 6) is 1.77. The van der Waals surface area contributed by atoms with Crippen molar-refractivity contribution in [3.8, 4) is 12.3 Å². The van der Waals surface area contributed by atoms with Crippen molar-refractivity contribution in [1.82, 2.24) is 5.32 Å². The van der Waals surface area contributed by atoms with Crippen LogP contribution in [-0.2, 0) is 16.0 Å². The average molecular weight is 361 g/mol. The van der Waals surface area contributed by atoms with Crippen LogP contribution in [0.25, 0.3) is 0 Å². The first kappa shape index (κ1) is 17.9. The first-order valence-electron chi connectivity index (χ1n) is 7.05. The van der Waals surface area contributed by atoms with Crippen LogP contribution in [0.15, 0.2) is 42.5 Å². The van der Waals surface area contributed by atoms with Gasteiger partial charge in [-0.2, -0.15) is 0 Å². The van der Waals surface area contributed by atoms with E-state index in [2.05, 4.69) is 16.6 Å². The largest absolute Gasteiger partial charge is 0.347 e. The van der Waals surface area contributed by atoms with Gasteiger partial charge >= 0.3 is 0 Å². The van der Waals surface area contributed by atoms with Gasteiger partial charge in [0, 0.05) is 21.3 Å². The summed E-state index contributed by atoms with van der Waals surface area (Å²) in [7, 11) is 0. The quantitative estimate of drug-likeness (QED) is 0.803. The second kappa shape index (κ2) is 8.39. The fraction of sp³-hybridized carbons (Fsp3) is 0.111. The Labute approximate surface area is 150 Å². The van der Waals surface area contributed by atoms with Gasteiger partial charge in [0.15, 0.2) is 0 Å². The summed E-state index contributed by atoms with van der Waals surface area (Å²) >= 11 is 12.0. The molecular weight excluding hydrogens is 347 g/mol. The molecule has 0 unspecified atom stereocenters. The Morgan fingerprint density at radius 3 is 2.38 bits per heavy atom. The molecule has 2 aromatic carbocycles. The number of amides is 2. The molecule has 0 aliphatic carbocycles. The molecule has 0 aliphatic heterocycles. The highest BCUT2D eigenvalue weighted by molar-refractivity contribution is 6.36. The van der Waals surface area contributed by atoms with E-state index in [9.17, 15) is 9.59 Å². The third-order valence-corrected chi connectivity index (χ3v) is 3.87. The normalized spacial score (nSPS) is 9.88. The van der Waals surface area contributed by atoms with Gasteiger partial charge in [0.2, 0.25) is 11.8 Å². The number of hydrogen-bond donors (Lipinski definition) is 2. The molecule has 0 saturated carbocycles. The number of benzene rings is 2. The molecule has 0 aromatic heterocycles. The van der Waals surface area contributed by atoms with Crippen molar-refractivity contribution in [1.29, 1.82) is 0 Å². The van der Waals surface area contributed by atoms with E-state index in [1.54, 1.807) is 42.5 Å². The highest BCUT2D eigenvalue weighted by Crippen LogP contribution is 2.24. The van der Waals surface area contributed by atoms with E-state index in [1.165, 1.54) is 0 Å². The zero-order valence-electron chi connectivity index (χ0n) is 12.6. The maximum Gasteiger partial charge on any atom is 0.243 e. The number of nitrogens with one attached hydrogen (secondary N) is 2. The van der Waals surface area contributed by atoms with Crippen LogP contribution in [0.1, 0.15) is 11.1 Å². The van der Waals surface area contributed by atoms with Crippen molar-refractivity contribution in [2.75, 3.05) is 11.9 Å². The summed E-state index contributed by atoms with van der Waals surface area (Å²) in [6, 6.07) is 11.9. The fourth-order valence-corrected chi connectivity index (χ4v) is 2.53. The molecule has 0 heterocycles. The fourth-order valence-electron chi connectivity index (χ4n) is 2.00. The molecule has 0 atom stereocenters. The second-order valence-corrected chi connectivity index (χ2v) is 5.74. The third-order valence-electron chi connectivity index (χ3n) is 3.16. The molecule has 0 fully saturated rings. The van der Waals surface area contributed by atoms with Gasteiger partial charge in [-0.15, -0.1) is 6.42 Å².